The third-order valence-corrected chi connectivity index (χ3v) is 2.86. The van der Waals surface area contributed by atoms with E-state index in [2.05, 4.69) is 5.32 Å². The summed E-state index contributed by atoms with van der Waals surface area (Å²) < 4.78 is 0. The first-order valence-electron chi connectivity index (χ1n) is 5.22. The van der Waals surface area contributed by atoms with Crippen LogP contribution in [0.3, 0.4) is 0 Å². The van der Waals surface area contributed by atoms with Gasteiger partial charge in [0, 0.05) is 5.54 Å². The number of hydrogen-bond donors (Lipinski definition) is 3. The van der Waals surface area contributed by atoms with Crippen LogP contribution in [0.5, 0.6) is 0 Å². The van der Waals surface area contributed by atoms with Crippen LogP contribution in [0, 0.1) is 0 Å². The Labute approximate surface area is 89.0 Å². The predicted octanol–water partition coefficient (Wildman–Crippen LogP) is 0.237. The summed E-state index contributed by atoms with van der Waals surface area (Å²) >= 11 is 0. The van der Waals surface area contributed by atoms with Crippen molar-refractivity contribution in [2.45, 2.75) is 50.6 Å². The number of aliphatic carboxylic acids is 1. The highest BCUT2D eigenvalue weighted by molar-refractivity contribution is 5.86. The van der Waals surface area contributed by atoms with Gasteiger partial charge in [0.2, 0.25) is 5.91 Å². The molecule has 0 spiro atoms. The quantitative estimate of drug-likeness (QED) is 0.625. The molecule has 1 aliphatic rings. The minimum Gasteiger partial charge on any atom is -0.481 e. The van der Waals surface area contributed by atoms with Crippen molar-refractivity contribution >= 4 is 11.9 Å². The van der Waals surface area contributed by atoms with Crippen LogP contribution < -0.4 is 11.1 Å². The highest BCUT2D eigenvalue weighted by Gasteiger charge is 2.31. The van der Waals surface area contributed by atoms with Crippen molar-refractivity contribution in [1.29, 1.82) is 0 Å². The van der Waals surface area contributed by atoms with Crippen molar-refractivity contribution in [3.8, 4) is 0 Å². The predicted molar refractivity (Wildman–Crippen MR) is 55.2 cm³/mol. The highest BCUT2D eigenvalue weighted by Crippen LogP contribution is 2.28. The molecule has 0 radical (unpaired) electrons. The van der Waals surface area contributed by atoms with Crippen LogP contribution in [-0.4, -0.2) is 28.6 Å². The van der Waals surface area contributed by atoms with E-state index in [0.29, 0.717) is 0 Å². The fourth-order valence-corrected chi connectivity index (χ4v) is 1.95. The molecule has 1 fully saturated rings. The first-order valence-corrected chi connectivity index (χ1v) is 5.22. The zero-order valence-corrected chi connectivity index (χ0v) is 8.95. The largest absolute Gasteiger partial charge is 0.481 e. The van der Waals surface area contributed by atoms with Crippen molar-refractivity contribution in [3.63, 3.8) is 0 Å². The topological polar surface area (TPSA) is 92.4 Å². The van der Waals surface area contributed by atoms with E-state index < -0.39 is 12.0 Å². The third-order valence-electron chi connectivity index (χ3n) is 2.86. The maximum Gasteiger partial charge on any atom is 0.305 e. The molecule has 1 aliphatic carbocycles. The first-order chi connectivity index (χ1) is 6.93. The Morgan fingerprint density at radius 3 is 2.47 bits per heavy atom. The van der Waals surface area contributed by atoms with E-state index in [1.54, 1.807) is 0 Å². The molecule has 1 rings (SSSR count). The summed E-state index contributed by atoms with van der Waals surface area (Å²) in [6.45, 7) is 1.98. The lowest BCUT2D eigenvalue weighted by Gasteiger charge is -2.26. The first kappa shape index (κ1) is 12.0. The van der Waals surface area contributed by atoms with Crippen LogP contribution in [0.4, 0.5) is 0 Å². The second-order valence-corrected chi connectivity index (χ2v) is 4.46. The Kier molecular flexibility index (Phi) is 3.68. The van der Waals surface area contributed by atoms with Crippen LogP contribution >= 0.6 is 0 Å². The van der Waals surface area contributed by atoms with Crippen LogP contribution in [-0.2, 0) is 9.59 Å². The lowest BCUT2D eigenvalue weighted by molar-refractivity contribution is -0.139. The van der Waals surface area contributed by atoms with Crippen molar-refractivity contribution in [2.75, 3.05) is 0 Å². The highest BCUT2D eigenvalue weighted by atomic mass is 16.4. The molecule has 5 heteroatoms. The standard InChI is InChI=1S/C10H18N2O3/c1-10(4-2-3-5-10)12-9(15)7(11)6-8(13)14/h7H,2-6,11H2,1H3,(H,12,15)(H,13,14). The van der Waals surface area contributed by atoms with E-state index in [4.69, 9.17) is 10.8 Å². The van der Waals surface area contributed by atoms with Gasteiger partial charge in [-0.3, -0.25) is 9.59 Å². The average Bonchev–Trinajstić information content (AvgIpc) is 2.50. The molecule has 0 aliphatic heterocycles. The van der Waals surface area contributed by atoms with Gasteiger partial charge >= 0.3 is 5.97 Å². The van der Waals surface area contributed by atoms with Crippen LogP contribution in [0.25, 0.3) is 0 Å². The summed E-state index contributed by atoms with van der Waals surface area (Å²) in [7, 11) is 0. The van der Waals surface area contributed by atoms with Crippen molar-refractivity contribution in [2.24, 2.45) is 5.73 Å². The van der Waals surface area contributed by atoms with Gasteiger partial charge in [0.15, 0.2) is 0 Å². The van der Waals surface area contributed by atoms with Crippen molar-refractivity contribution in [1.82, 2.24) is 5.32 Å². The molecule has 0 heterocycles. The summed E-state index contributed by atoms with van der Waals surface area (Å²) in [5.74, 6) is -1.41. The molecule has 1 amide bonds. The van der Waals surface area contributed by atoms with Gasteiger partial charge in [-0.25, -0.2) is 0 Å². The molecule has 0 aromatic heterocycles. The van der Waals surface area contributed by atoms with E-state index >= 15 is 0 Å². The van der Waals surface area contributed by atoms with Gasteiger partial charge < -0.3 is 16.2 Å². The lowest BCUT2D eigenvalue weighted by Crippen LogP contribution is -2.51. The zero-order chi connectivity index (χ0) is 11.5. The van der Waals surface area contributed by atoms with E-state index in [-0.39, 0.29) is 17.9 Å². The average molecular weight is 214 g/mol. The fourth-order valence-electron chi connectivity index (χ4n) is 1.95. The molecular formula is C10H18N2O3. The molecule has 0 aromatic rings. The van der Waals surface area contributed by atoms with Gasteiger partial charge in [0.05, 0.1) is 12.5 Å². The van der Waals surface area contributed by atoms with Gasteiger partial charge in [-0.05, 0) is 19.8 Å². The molecular weight excluding hydrogens is 196 g/mol. The van der Waals surface area contributed by atoms with Crippen LogP contribution in [0.1, 0.15) is 39.0 Å². The number of amides is 1. The van der Waals surface area contributed by atoms with Gasteiger partial charge in [-0.2, -0.15) is 0 Å². The Hall–Kier alpha value is -1.10. The molecule has 86 valence electrons. The molecule has 15 heavy (non-hydrogen) atoms. The SMILES string of the molecule is CC1(NC(=O)C(N)CC(=O)O)CCCC1. The Bertz CT molecular complexity index is 259. The number of hydrogen-bond acceptors (Lipinski definition) is 3. The monoisotopic (exact) mass is 214 g/mol. The third kappa shape index (κ3) is 3.51. The molecule has 0 saturated heterocycles. The fraction of sp³-hybridized carbons (Fsp3) is 0.800. The minimum absolute atomic E-state index is 0.187. The lowest BCUT2D eigenvalue weighted by atomic mass is 10.00. The number of carbonyl (C=O) groups is 2. The van der Waals surface area contributed by atoms with Gasteiger partial charge in [-0.1, -0.05) is 12.8 Å². The summed E-state index contributed by atoms with van der Waals surface area (Å²) in [4.78, 5) is 21.9. The molecule has 1 atom stereocenters. The second-order valence-electron chi connectivity index (χ2n) is 4.46. The van der Waals surface area contributed by atoms with Gasteiger partial charge in [0.1, 0.15) is 0 Å². The second kappa shape index (κ2) is 4.61. The number of nitrogens with two attached hydrogens (primary N) is 1. The maximum absolute atomic E-state index is 11.5. The minimum atomic E-state index is -1.05. The summed E-state index contributed by atoms with van der Waals surface area (Å²) in [5.41, 5.74) is 5.27. The molecule has 0 aromatic carbocycles. The van der Waals surface area contributed by atoms with E-state index in [9.17, 15) is 9.59 Å². The number of nitrogens with one attached hydrogen (secondary N) is 1. The Balaban J connectivity index is 2.43. The maximum atomic E-state index is 11.5. The number of carboxylic acid groups (broad SMARTS) is 1. The summed E-state index contributed by atoms with van der Waals surface area (Å²) in [5, 5.41) is 11.3. The molecule has 1 unspecified atom stereocenters. The summed E-state index contributed by atoms with van der Waals surface area (Å²) in [6.07, 6.45) is 3.77. The Morgan fingerprint density at radius 2 is 2.00 bits per heavy atom. The van der Waals surface area contributed by atoms with Crippen molar-refractivity contribution < 1.29 is 14.7 Å². The number of rotatable bonds is 4. The molecule has 4 N–H and O–H groups in total. The van der Waals surface area contributed by atoms with E-state index in [0.717, 1.165) is 25.7 Å². The molecule has 0 bridgehead atoms. The smallest absolute Gasteiger partial charge is 0.305 e. The number of carbonyl (C=O) groups excluding carboxylic acids is 1. The van der Waals surface area contributed by atoms with Gasteiger partial charge in [-0.15, -0.1) is 0 Å². The normalized spacial score (nSPS) is 20.9. The van der Waals surface area contributed by atoms with Crippen molar-refractivity contribution in [3.05, 3.63) is 0 Å². The van der Waals surface area contributed by atoms with E-state index in [1.807, 2.05) is 6.92 Å². The summed E-state index contributed by atoms with van der Waals surface area (Å²) in [6, 6.07) is -0.945. The molecule has 5 nitrogen and oxygen atoms in total. The van der Waals surface area contributed by atoms with Gasteiger partial charge in [0.25, 0.3) is 0 Å². The number of carboxylic acids is 1. The molecule has 1 saturated carbocycles. The van der Waals surface area contributed by atoms with E-state index in [1.165, 1.54) is 0 Å². The Morgan fingerprint density at radius 1 is 1.47 bits per heavy atom. The van der Waals surface area contributed by atoms with Crippen LogP contribution in [0.15, 0.2) is 0 Å². The van der Waals surface area contributed by atoms with Crippen LogP contribution in [0.2, 0.25) is 0 Å². The zero-order valence-electron chi connectivity index (χ0n) is 8.95.